The maximum atomic E-state index is 13.3. The van der Waals surface area contributed by atoms with Crippen molar-refractivity contribution in [2.45, 2.75) is 19.4 Å². The lowest BCUT2D eigenvalue weighted by Crippen LogP contribution is -2.10. The van der Waals surface area contributed by atoms with E-state index in [1.165, 1.54) is 12.1 Å². The molecule has 0 radical (unpaired) electrons. The minimum absolute atomic E-state index is 0.106. The first kappa shape index (κ1) is 11.8. The van der Waals surface area contributed by atoms with Gasteiger partial charge in [0, 0.05) is 31.9 Å². The summed E-state index contributed by atoms with van der Waals surface area (Å²) >= 11 is 0. The predicted molar refractivity (Wildman–Crippen MR) is 65.0 cm³/mol. The lowest BCUT2D eigenvalue weighted by atomic mass is 9.99. The Labute approximate surface area is 100 Å². The Hall–Kier alpha value is -1.68. The maximum Gasteiger partial charge on any atom is 0.123 e. The number of nitrogens with zero attached hydrogens (tertiary/aromatic N) is 2. The molecule has 0 amide bonds. The summed E-state index contributed by atoms with van der Waals surface area (Å²) in [7, 11) is 1.92. The minimum atomic E-state index is -0.237. The molecule has 0 aliphatic rings. The van der Waals surface area contributed by atoms with Crippen molar-refractivity contribution in [2.75, 3.05) is 0 Å². The standard InChI is InChI=1S/C13H16FN3/c1-9(15)12-4-3-11(14)7-10(12)8-13-16-5-6-17(13)2/h3-7,9H,8,15H2,1-2H3. The highest BCUT2D eigenvalue weighted by Gasteiger charge is 2.10. The number of aromatic nitrogens is 2. The van der Waals surface area contributed by atoms with Gasteiger partial charge in [-0.1, -0.05) is 6.07 Å². The van der Waals surface area contributed by atoms with E-state index >= 15 is 0 Å². The zero-order chi connectivity index (χ0) is 12.4. The number of halogens is 1. The summed E-state index contributed by atoms with van der Waals surface area (Å²) in [4.78, 5) is 4.24. The van der Waals surface area contributed by atoms with E-state index in [4.69, 9.17) is 5.73 Å². The van der Waals surface area contributed by atoms with Crippen molar-refractivity contribution in [3.8, 4) is 0 Å². The topological polar surface area (TPSA) is 43.8 Å². The quantitative estimate of drug-likeness (QED) is 0.883. The molecule has 4 heteroatoms. The Balaban J connectivity index is 2.37. The predicted octanol–water partition coefficient (Wildman–Crippen LogP) is 2.17. The third-order valence-corrected chi connectivity index (χ3v) is 2.87. The van der Waals surface area contributed by atoms with Gasteiger partial charge in [0.25, 0.3) is 0 Å². The molecule has 0 fully saturated rings. The van der Waals surface area contributed by atoms with Crippen LogP contribution < -0.4 is 5.73 Å². The molecule has 90 valence electrons. The molecule has 0 spiro atoms. The van der Waals surface area contributed by atoms with Crippen molar-refractivity contribution >= 4 is 0 Å². The molecule has 2 N–H and O–H groups in total. The van der Waals surface area contributed by atoms with Crippen LogP contribution in [0.1, 0.15) is 29.9 Å². The molecule has 1 atom stereocenters. The van der Waals surface area contributed by atoms with Crippen LogP contribution in [0.4, 0.5) is 4.39 Å². The molecule has 2 rings (SSSR count). The summed E-state index contributed by atoms with van der Waals surface area (Å²) in [5.41, 5.74) is 7.75. The van der Waals surface area contributed by atoms with Gasteiger partial charge in [-0.25, -0.2) is 9.37 Å². The SMILES string of the molecule is CC(N)c1ccc(F)cc1Cc1nccn1C. The van der Waals surface area contributed by atoms with Crippen molar-refractivity contribution in [1.82, 2.24) is 9.55 Å². The number of hydrogen-bond acceptors (Lipinski definition) is 2. The molecule has 0 saturated carbocycles. The lowest BCUT2D eigenvalue weighted by molar-refractivity contribution is 0.622. The first-order chi connectivity index (χ1) is 8.08. The number of benzene rings is 1. The molecule has 0 aliphatic carbocycles. The molecular weight excluding hydrogens is 217 g/mol. The third-order valence-electron chi connectivity index (χ3n) is 2.87. The van der Waals surface area contributed by atoms with Crippen molar-refractivity contribution in [3.63, 3.8) is 0 Å². The van der Waals surface area contributed by atoms with Crippen LogP contribution in [0.5, 0.6) is 0 Å². The highest BCUT2D eigenvalue weighted by Crippen LogP contribution is 2.20. The van der Waals surface area contributed by atoms with Crippen LogP contribution in [-0.4, -0.2) is 9.55 Å². The molecule has 17 heavy (non-hydrogen) atoms. The van der Waals surface area contributed by atoms with E-state index in [9.17, 15) is 4.39 Å². The summed E-state index contributed by atoms with van der Waals surface area (Å²) in [6, 6.07) is 4.62. The van der Waals surface area contributed by atoms with E-state index in [2.05, 4.69) is 4.98 Å². The van der Waals surface area contributed by atoms with Crippen LogP contribution in [0, 0.1) is 5.82 Å². The van der Waals surface area contributed by atoms with Crippen LogP contribution in [0.25, 0.3) is 0 Å². The second-order valence-electron chi connectivity index (χ2n) is 4.26. The molecule has 3 nitrogen and oxygen atoms in total. The van der Waals surface area contributed by atoms with Crippen LogP contribution in [0.2, 0.25) is 0 Å². The molecule has 0 aliphatic heterocycles. The second kappa shape index (κ2) is 4.67. The average molecular weight is 233 g/mol. The maximum absolute atomic E-state index is 13.3. The van der Waals surface area contributed by atoms with E-state index < -0.39 is 0 Å². The van der Waals surface area contributed by atoms with Gasteiger partial charge in [-0.3, -0.25) is 0 Å². The number of rotatable bonds is 3. The van der Waals surface area contributed by atoms with Gasteiger partial charge in [-0.15, -0.1) is 0 Å². The van der Waals surface area contributed by atoms with Gasteiger partial charge in [0.2, 0.25) is 0 Å². The Morgan fingerprint density at radius 3 is 2.82 bits per heavy atom. The van der Waals surface area contributed by atoms with Crippen molar-refractivity contribution in [2.24, 2.45) is 12.8 Å². The summed E-state index contributed by atoms with van der Waals surface area (Å²) in [6.45, 7) is 1.90. The van der Waals surface area contributed by atoms with E-state index in [-0.39, 0.29) is 11.9 Å². The summed E-state index contributed by atoms with van der Waals surface area (Å²) in [5.74, 6) is 0.663. The normalized spacial score (nSPS) is 12.7. The van der Waals surface area contributed by atoms with Crippen molar-refractivity contribution < 1.29 is 4.39 Å². The molecule has 2 aromatic rings. The third kappa shape index (κ3) is 2.53. The molecule has 1 unspecified atom stereocenters. The molecule has 0 saturated heterocycles. The Morgan fingerprint density at radius 2 is 2.24 bits per heavy atom. The molecule has 0 bridgehead atoms. The van der Waals surface area contributed by atoms with Gasteiger partial charge in [-0.2, -0.15) is 0 Å². The van der Waals surface area contributed by atoms with Gasteiger partial charge in [0.15, 0.2) is 0 Å². The van der Waals surface area contributed by atoms with Gasteiger partial charge in [-0.05, 0) is 30.2 Å². The molecular formula is C13H16FN3. The van der Waals surface area contributed by atoms with Gasteiger partial charge in [0.05, 0.1) is 0 Å². The lowest BCUT2D eigenvalue weighted by Gasteiger charge is -2.12. The highest BCUT2D eigenvalue weighted by molar-refractivity contribution is 5.32. The average Bonchev–Trinajstić information content (AvgIpc) is 2.64. The first-order valence-corrected chi connectivity index (χ1v) is 5.58. The number of aryl methyl sites for hydroxylation is 1. The largest absolute Gasteiger partial charge is 0.338 e. The number of nitrogens with two attached hydrogens (primary N) is 1. The summed E-state index contributed by atoms with van der Waals surface area (Å²) < 4.78 is 15.2. The molecule has 1 aromatic carbocycles. The van der Waals surface area contributed by atoms with Gasteiger partial charge < -0.3 is 10.3 Å². The van der Waals surface area contributed by atoms with E-state index in [0.717, 1.165) is 17.0 Å². The monoisotopic (exact) mass is 233 g/mol. The highest BCUT2D eigenvalue weighted by atomic mass is 19.1. The van der Waals surface area contributed by atoms with Crippen molar-refractivity contribution in [3.05, 3.63) is 53.4 Å². The molecule has 1 heterocycles. The van der Waals surface area contributed by atoms with Crippen LogP contribution in [0.3, 0.4) is 0 Å². The first-order valence-electron chi connectivity index (χ1n) is 5.58. The smallest absolute Gasteiger partial charge is 0.123 e. The van der Waals surface area contributed by atoms with Crippen LogP contribution >= 0.6 is 0 Å². The zero-order valence-electron chi connectivity index (χ0n) is 10.0. The number of imidazole rings is 1. The molecule has 1 aromatic heterocycles. The Kier molecular flexibility index (Phi) is 3.24. The fraction of sp³-hybridized carbons (Fsp3) is 0.308. The summed E-state index contributed by atoms with van der Waals surface area (Å²) in [5, 5.41) is 0. The van der Waals surface area contributed by atoms with Gasteiger partial charge in [0.1, 0.15) is 11.6 Å². The fourth-order valence-corrected chi connectivity index (χ4v) is 1.91. The Bertz CT molecular complexity index is 517. The Morgan fingerprint density at radius 1 is 1.47 bits per heavy atom. The van der Waals surface area contributed by atoms with Gasteiger partial charge >= 0.3 is 0 Å². The zero-order valence-corrected chi connectivity index (χ0v) is 10.0. The second-order valence-corrected chi connectivity index (χ2v) is 4.26. The van der Waals surface area contributed by atoms with E-state index in [1.54, 1.807) is 12.3 Å². The van der Waals surface area contributed by atoms with Crippen LogP contribution in [-0.2, 0) is 13.5 Å². The summed E-state index contributed by atoms with van der Waals surface area (Å²) in [6.07, 6.45) is 4.21. The van der Waals surface area contributed by atoms with Crippen LogP contribution in [0.15, 0.2) is 30.6 Å². The van der Waals surface area contributed by atoms with Crippen molar-refractivity contribution in [1.29, 1.82) is 0 Å². The van der Waals surface area contributed by atoms with E-state index in [1.807, 2.05) is 24.7 Å². The fourth-order valence-electron chi connectivity index (χ4n) is 1.91. The number of hydrogen-bond donors (Lipinski definition) is 1. The minimum Gasteiger partial charge on any atom is -0.338 e. The van der Waals surface area contributed by atoms with E-state index in [0.29, 0.717) is 6.42 Å².